The van der Waals surface area contributed by atoms with Gasteiger partial charge in [-0.1, -0.05) is 6.07 Å². The van der Waals surface area contributed by atoms with Crippen molar-refractivity contribution in [3.63, 3.8) is 0 Å². The van der Waals surface area contributed by atoms with E-state index >= 15 is 0 Å². The lowest BCUT2D eigenvalue weighted by molar-refractivity contribution is -0.139. The molecule has 0 saturated carbocycles. The van der Waals surface area contributed by atoms with E-state index in [2.05, 4.69) is 5.32 Å². The summed E-state index contributed by atoms with van der Waals surface area (Å²) in [7, 11) is 0. The maximum atomic E-state index is 12.4. The van der Waals surface area contributed by atoms with Crippen molar-refractivity contribution in [1.82, 2.24) is 5.32 Å². The van der Waals surface area contributed by atoms with Gasteiger partial charge in [0.15, 0.2) is 6.04 Å². The van der Waals surface area contributed by atoms with Crippen molar-refractivity contribution in [2.45, 2.75) is 31.7 Å². The van der Waals surface area contributed by atoms with Crippen LogP contribution in [0.2, 0.25) is 0 Å². The normalized spacial score (nSPS) is 15.2. The van der Waals surface area contributed by atoms with Gasteiger partial charge in [0.25, 0.3) is 5.91 Å². The van der Waals surface area contributed by atoms with Crippen LogP contribution in [-0.4, -0.2) is 17.0 Å². The highest BCUT2D eigenvalue weighted by atomic mass is 32.1. The van der Waals surface area contributed by atoms with Gasteiger partial charge in [0, 0.05) is 15.1 Å². The maximum Gasteiger partial charge on any atom is 0.331 e. The summed E-state index contributed by atoms with van der Waals surface area (Å²) in [6.07, 6.45) is 4.21. The summed E-state index contributed by atoms with van der Waals surface area (Å²) >= 11 is 2.94. The number of aryl methyl sites for hydroxylation is 1. The van der Waals surface area contributed by atoms with E-state index in [0.717, 1.165) is 24.8 Å². The molecular formula is C15H15NO3S2. The fourth-order valence-corrected chi connectivity index (χ4v) is 4.50. The fourth-order valence-electron chi connectivity index (χ4n) is 2.60. The van der Waals surface area contributed by atoms with Crippen LogP contribution < -0.4 is 5.32 Å². The summed E-state index contributed by atoms with van der Waals surface area (Å²) in [6, 6.07) is 2.54. The Balaban J connectivity index is 1.82. The predicted molar refractivity (Wildman–Crippen MR) is 83.1 cm³/mol. The van der Waals surface area contributed by atoms with Crippen molar-refractivity contribution in [2.75, 3.05) is 0 Å². The van der Waals surface area contributed by atoms with Crippen LogP contribution >= 0.6 is 22.7 Å². The molecule has 1 unspecified atom stereocenters. The molecule has 0 aromatic carbocycles. The second kappa shape index (κ2) is 5.99. The number of carboxylic acids is 1. The van der Waals surface area contributed by atoms with Gasteiger partial charge < -0.3 is 10.4 Å². The zero-order chi connectivity index (χ0) is 14.8. The lowest BCUT2D eigenvalue weighted by atomic mass is 9.95. The first kappa shape index (κ1) is 14.3. The maximum absolute atomic E-state index is 12.4. The Morgan fingerprint density at radius 1 is 1.24 bits per heavy atom. The van der Waals surface area contributed by atoms with Gasteiger partial charge in [0.1, 0.15) is 0 Å². The molecule has 0 saturated heterocycles. The average molecular weight is 321 g/mol. The average Bonchev–Trinajstić information content (AvgIpc) is 3.13. The van der Waals surface area contributed by atoms with Gasteiger partial charge in [-0.15, -0.1) is 22.7 Å². The molecule has 3 rings (SSSR count). The molecule has 2 aromatic heterocycles. The van der Waals surface area contributed by atoms with Crippen molar-refractivity contribution >= 4 is 34.6 Å². The molecular weight excluding hydrogens is 306 g/mol. The van der Waals surface area contributed by atoms with Gasteiger partial charge in [0.05, 0.1) is 5.56 Å². The quantitative estimate of drug-likeness (QED) is 0.908. The summed E-state index contributed by atoms with van der Waals surface area (Å²) < 4.78 is 0. The van der Waals surface area contributed by atoms with Crippen LogP contribution in [0.4, 0.5) is 0 Å². The molecule has 2 N–H and O–H groups in total. The largest absolute Gasteiger partial charge is 0.479 e. The molecule has 0 radical (unpaired) electrons. The first-order valence-electron chi connectivity index (χ1n) is 6.83. The minimum Gasteiger partial charge on any atom is -0.479 e. The Morgan fingerprint density at radius 3 is 2.76 bits per heavy atom. The molecule has 0 spiro atoms. The molecule has 6 heteroatoms. The minimum absolute atomic E-state index is 0.282. The van der Waals surface area contributed by atoms with E-state index in [1.807, 2.05) is 10.8 Å². The third-order valence-electron chi connectivity index (χ3n) is 3.66. The number of thiophene rings is 2. The van der Waals surface area contributed by atoms with Crippen molar-refractivity contribution in [1.29, 1.82) is 0 Å². The van der Waals surface area contributed by atoms with E-state index < -0.39 is 12.0 Å². The summed E-state index contributed by atoms with van der Waals surface area (Å²) in [5.41, 5.74) is 1.76. The van der Waals surface area contributed by atoms with E-state index in [1.165, 1.54) is 22.6 Å². The first-order chi connectivity index (χ1) is 10.2. The van der Waals surface area contributed by atoms with E-state index in [1.54, 1.807) is 23.5 Å². The van der Waals surface area contributed by atoms with Crippen molar-refractivity contribution in [2.24, 2.45) is 0 Å². The van der Waals surface area contributed by atoms with Gasteiger partial charge in [-0.3, -0.25) is 4.79 Å². The second-order valence-corrected chi connectivity index (χ2v) is 6.96. The highest BCUT2D eigenvalue weighted by Crippen LogP contribution is 2.30. The topological polar surface area (TPSA) is 66.4 Å². The number of carboxylic acid groups (broad SMARTS) is 1. The molecule has 1 aliphatic carbocycles. The van der Waals surface area contributed by atoms with Gasteiger partial charge in [0.2, 0.25) is 0 Å². The number of hydrogen-bond donors (Lipinski definition) is 2. The molecule has 2 aromatic rings. The number of rotatable bonds is 4. The number of fused-ring (bicyclic) bond motifs is 1. The third kappa shape index (κ3) is 2.87. The molecule has 1 atom stereocenters. The van der Waals surface area contributed by atoms with Crippen LogP contribution in [0.3, 0.4) is 0 Å². The second-order valence-electron chi connectivity index (χ2n) is 5.02. The Labute approximate surface area is 130 Å². The highest BCUT2D eigenvalue weighted by molar-refractivity contribution is 7.10. The predicted octanol–water partition coefficient (Wildman–Crippen LogP) is 3.24. The number of carbonyl (C=O) groups excluding carboxylic acids is 1. The van der Waals surface area contributed by atoms with Crippen LogP contribution in [0.25, 0.3) is 0 Å². The summed E-state index contributed by atoms with van der Waals surface area (Å²) in [4.78, 5) is 25.7. The molecule has 0 aliphatic heterocycles. The Bertz CT molecular complexity index is 661. The monoisotopic (exact) mass is 321 g/mol. The Hall–Kier alpha value is -1.66. The van der Waals surface area contributed by atoms with Gasteiger partial charge in [-0.2, -0.15) is 0 Å². The lowest BCUT2D eigenvalue weighted by Gasteiger charge is -2.15. The van der Waals surface area contributed by atoms with Crippen molar-refractivity contribution in [3.05, 3.63) is 43.8 Å². The molecule has 0 fully saturated rings. The zero-order valence-corrected chi connectivity index (χ0v) is 12.9. The number of amides is 1. The third-order valence-corrected chi connectivity index (χ3v) is 5.68. The number of aliphatic carboxylic acids is 1. The van der Waals surface area contributed by atoms with Crippen LogP contribution in [0, 0.1) is 0 Å². The number of carbonyl (C=O) groups is 2. The van der Waals surface area contributed by atoms with E-state index in [-0.39, 0.29) is 5.91 Å². The van der Waals surface area contributed by atoms with Crippen LogP contribution in [0.15, 0.2) is 22.9 Å². The van der Waals surface area contributed by atoms with Crippen molar-refractivity contribution in [3.8, 4) is 0 Å². The lowest BCUT2D eigenvalue weighted by Crippen LogP contribution is -2.33. The molecule has 1 aliphatic rings. The number of hydrogen-bond acceptors (Lipinski definition) is 4. The van der Waals surface area contributed by atoms with E-state index in [0.29, 0.717) is 10.4 Å². The summed E-state index contributed by atoms with van der Waals surface area (Å²) in [5, 5.41) is 15.6. The van der Waals surface area contributed by atoms with Crippen LogP contribution in [0.5, 0.6) is 0 Å². The Kier molecular flexibility index (Phi) is 4.07. The van der Waals surface area contributed by atoms with Crippen LogP contribution in [0.1, 0.15) is 44.6 Å². The van der Waals surface area contributed by atoms with Crippen LogP contribution in [-0.2, 0) is 17.6 Å². The molecule has 2 heterocycles. The van der Waals surface area contributed by atoms with Gasteiger partial charge in [-0.05, 0) is 42.7 Å². The molecule has 110 valence electrons. The highest BCUT2D eigenvalue weighted by Gasteiger charge is 2.26. The summed E-state index contributed by atoms with van der Waals surface area (Å²) in [5.74, 6) is -1.31. The standard InChI is InChI=1S/C15H15NO3S2/c17-14(10-8-21-11-5-2-1-4-9(10)11)16-13(15(18)19)12-6-3-7-20-12/h3,6-8,13H,1-2,4-5H2,(H,16,17)(H,18,19). The molecule has 1 amide bonds. The first-order valence-corrected chi connectivity index (χ1v) is 8.59. The molecule has 4 nitrogen and oxygen atoms in total. The smallest absolute Gasteiger partial charge is 0.331 e. The van der Waals surface area contributed by atoms with E-state index in [9.17, 15) is 14.7 Å². The minimum atomic E-state index is -1.03. The SMILES string of the molecule is O=C(NC(C(=O)O)c1cccs1)c1csc2c1CCCC2. The van der Waals surface area contributed by atoms with Crippen molar-refractivity contribution < 1.29 is 14.7 Å². The van der Waals surface area contributed by atoms with Gasteiger partial charge >= 0.3 is 5.97 Å². The molecule has 21 heavy (non-hydrogen) atoms. The van der Waals surface area contributed by atoms with Gasteiger partial charge in [-0.25, -0.2) is 4.79 Å². The number of nitrogens with one attached hydrogen (secondary N) is 1. The fraction of sp³-hybridized carbons (Fsp3) is 0.333. The Morgan fingerprint density at radius 2 is 2.05 bits per heavy atom. The zero-order valence-electron chi connectivity index (χ0n) is 11.3. The van der Waals surface area contributed by atoms with E-state index in [4.69, 9.17) is 0 Å². The summed E-state index contributed by atoms with van der Waals surface area (Å²) in [6.45, 7) is 0. The molecule has 0 bridgehead atoms.